The van der Waals surface area contributed by atoms with Gasteiger partial charge in [0.15, 0.2) is 0 Å². The number of benzene rings is 1. The van der Waals surface area contributed by atoms with E-state index in [1.54, 1.807) is 0 Å². The lowest BCUT2D eigenvalue weighted by molar-refractivity contribution is 0.272. The lowest BCUT2D eigenvalue weighted by atomic mass is 10.1. The molecule has 0 bridgehead atoms. The zero-order valence-electron chi connectivity index (χ0n) is 8.70. The molecule has 1 heterocycles. The number of H-pyrrole nitrogens is 1. The van der Waals surface area contributed by atoms with Gasteiger partial charge >= 0.3 is 0 Å². The molecule has 3 nitrogen and oxygen atoms in total. The average Bonchev–Trinajstić information content (AvgIpc) is 2.73. The number of imidazole rings is 1. The fourth-order valence-corrected chi connectivity index (χ4v) is 1.63. The van der Waals surface area contributed by atoms with E-state index in [1.807, 2.05) is 30.3 Å². The maximum absolute atomic E-state index is 9.02. The van der Waals surface area contributed by atoms with Crippen LogP contribution in [-0.2, 0) is 13.0 Å². The van der Waals surface area contributed by atoms with Gasteiger partial charge in [-0.15, -0.1) is 0 Å². The van der Waals surface area contributed by atoms with Crippen molar-refractivity contribution in [1.82, 2.24) is 9.97 Å². The number of hydrogen-bond acceptors (Lipinski definition) is 2. The Bertz CT molecular complexity index is 434. The number of aliphatic hydroxyl groups excluding tert-OH is 1. The standard InChI is InChI=1S/C12H14N2O/c1-2-10-12(14-11(8-15)13-10)9-6-4-3-5-7-9/h3-7,15H,2,8H2,1H3,(H,13,14). The molecule has 0 saturated heterocycles. The summed E-state index contributed by atoms with van der Waals surface area (Å²) in [5, 5.41) is 9.02. The van der Waals surface area contributed by atoms with Gasteiger partial charge in [-0.1, -0.05) is 37.3 Å². The molecule has 0 aliphatic carbocycles. The molecule has 2 rings (SSSR count). The van der Waals surface area contributed by atoms with Crippen molar-refractivity contribution in [3.8, 4) is 11.3 Å². The molecule has 0 fully saturated rings. The van der Waals surface area contributed by atoms with Crippen molar-refractivity contribution < 1.29 is 5.11 Å². The molecule has 0 saturated carbocycles. The Hall–Kier alpha value is -1.61. The Labute approximate surface area is 88.8 Å². The van der Waals surface area contributed by atoms with Gasteiger partial charge in [0, 0.05) is 11.3 Å². The molecule has 0 aliphatic rings. The van der Waals surface area contributed by atoms with Crippen molar-refractivity contribution >= 4 is 0 Å². The molecular formula is C12H14N2O. The highest BCUT2D eigenvalue weighted by Crippen LogP contribution is 2.21. The molecule has 1 aromatic carbocycles. The number of nitrogens with one attached hydrogen (secondary N) is 1. The van der Waals surface area contributed by atoms with E-state index >= 15 is 0 Å². The lowest BCUT2D eigenvalue weighted by Crippen LogP contribution is -1.85. The van der Waals surface area contributed by atoms with Gasteiger partial charge in [-0.25, -0.2) is 4.98 Å². The molecule has 15 heavy (non-hydrogen) atoms. The summed E-state index contributed by atoms with van der Waals surface area (Å²) in [5.74, 6) is 0.630. The molecule has 2 aromatic rings. The van der Waals surface area contributed by atoms with Gasteiger partial charge in [0.2, 0.25) is 0 Å². The molecule has 0 aliphatic heterocycles. The molecule has 2 N–H and O–H groups in total. The van der Waals surface area contributed by atoms with Gasteiger partial charge in [-0.3, -0.25) is 0 Å². The number of hydrogen-bond donors (Lipinski definition) is 2. The summed E-state index contributed by atoms with van der Waals surface area (Å²) in [6, 6.07) is 10.0. The van der Waals surface area contributed by atoms with Crippen molar-refractivity contribution in [2.45, 2.75) is 20.0 Å². The number of aromatic nitrogens is 2. The van der Waals surface area contributed by atoms with Crippen LogP contribution in [0, 0.1) is 0 Å². The van der Waals surface area contributed by atoms with Crippen molar-refractivity contribution in [2.75, 3.05) is 0 Å². The first-order valence-electron chi connectivity index (χ1n) is 5.09. The molecule has 0 radical (unpaired) electrons. The molecule has 1 aromatic heterocycles. The van der Waals surface area contributed by atoms with E-state index < -0.39 is 0 Å². The highest BCUT2D eigenvalue weighted by molar-refractivity contribution is 5.61. The van der Waals surface area contributed by atoms with Gasteiger partial charge < -0.3 is 10.1 Å². The molecule has 0 atom stereocenters. The second kappa shape index (κ2) is 4.28. The quantitative estimate of drug-likeness (QED) is 0.801. The van der Waals surface area contributed by atoms with Crippen molar-refractivity contribution in [3.63, 3.8) is 0 Å². The molecule has 0 spiro atoms. The average molecular weight is 202 g/mol. The summed E-state index contributed by atoms with van der Waals surface area (Å²) in [5.41, 5.74) is 3.11. The molecular weight excluding hydrogens is 188 g/mol. The molecule has 0 amide bonds. The zero-order chi connectivity index (χ0) is 10.7. The van der Waals surface area contributed by atoms with Crippen LogP contribution in [0.25, 0.3) is 11.3 Å². The lowest BCUT2D eigenvalue weighted by Gasteiger charge is -1.98. The minimum absolute atomic E-state index is 0.0418. The van der Waals surface area contributed by atoms with Crippen molar-refractivity contribution in [3.05, 3.63) is 41.9 Å². The van der Waals surface area contributed by atoms with E-state index in [2.05, 4.69) is 16.9 Å². The van der Waals surface area contributed by atoms with E-state index in [0.29, 0.717) is 5.82 Å². The number of aromatic amines is 1. The summed E-state index contributed by atoms with van der Waals surface area (Å²) in [6.45, 7) is 2.03. The van der Waals surface area contributed by atoms with E-state index in [0.717, 1.165) is 23.4 Å². The Morgan fingerprint density at radius 2 is 2.00 bits per heavy atom. The fourth-order valence-electron chi connectivity index (χ4n) is 1.63. The van der Waals surface area contributed by atoms with Gasteiger partial charge in [0.05, 0.1) is 5.69 Å². The van der Waals surface area contributed by atoms with Crippen LogP contribution in [0.1, 0.15) is 18.4 Å². The SMILES string of the molecule is CCc1[nH]c(CO)nc1-c1ccccc1. The number of aryl methyl sites for hydroxylation is 1. The molecule has 0 unspecified atom stereocenters. The predicted molar refractivity (Wildman–Crippen MR) is 59.3 cm³/mol. The fraction of sp³-hybridized carbons (Fsp3) is 0.250. The number of nitrogens with zero attached hydrogens (tertiary/aromatic N) is 1. The monoisotopic (exact) mass is 202 g/mol. The predicted octanol–water partition coefficient (Wildman–Crippen LogP) is 2.13. The van der Waals surface area contributed by atoms with Crippen LogP contribution in [0.3, 0.4) is 0 Å². The third-order valence-corrected chi connectivity index (χ3v) is 2.38. The summed E-state index contributed by atoms with van der Waals surface area (Å²) < 4.78 is 0. The summed E-state index contributed by atoms with van der Waals surface area (Å²) in [6.07, 6.45) is 0.886. The van der Waals surface area contributed by atoms with Gasteiger partial charge in [-0.05, 0) is 6.42 Å². The number of aliphatic hydroxyl groups is 1. The van der Waals surface area contributed by atoms with E-state index in [4.69, 9.17) is 5.11 Å². The van der Waals surface area contributed by atoms with Gasteiger partial charge in [0.25, 0.3) is 0 Å². The van der Waals surface area contributed by atoms with Gasteiger partial charge in [0.1, 0.15) is 12.4 Å². The smallest absolute Gasteiger partial charge is 0.132 e. The van der Waals surface area contributed by atoms with Crippen LogP contribution in [0.15, 0.2) is 30.3 Å². The van der Waals surface area contributed by atoms with Crippen LogP contribution in [0.4, 0.5) is 0 Å². The van der Waals surface area contributed by atoms with E-state index in [1.165, 1.54) is 0 Å². The maximum Gasteiger partial charge on any atom is 0.132 e. The number of rotatable bonds is 3. The van der Waals surface area contributed by atoms with Crippen molar-refractivity contribution in [2.24, 2.45) is 0 Å². The molecule has 78 valence electrons. The summed E-state index contributed by atoms with van der Waals surface area (Å²) >= 11 is 0. The Morgan fingerprint density at radius 1 is 1.27 bits per heavy atom. The summed E-state index contributed by atoms with van der Waals surface area (Å²) in [4.78, 5) is 7.48. The minimum Gasteiger partial charge on any atom is -0.388 e. The highest BCUT2D eigenvalue weighted by atomic mass is 16.3. The van der Waals surface area contributed by atoms with Crippen LogP contribution in [0.5, 0.6) is 0 Å². The molecule has 3 heteroatoms. The first-order valence-corrected chi connectivity index (χ1v) is 5.09. The largest absolute Gasteiger partial charge is 0.388 e. The van der Waals surface area contributed by atoms with E-state index in [9.17, 15) is 0 Å². The van der Waals surface area contributed by atoms with Crippen molar-refractivity contribution in [1.29, 1.82) is 0 Å². The van der Waals surface area contributed by atoms with E-state index in [-0.39, 0.29) is 6.61 Å². The van der Waals surface area contributed by atoms with Crippen LogP contribution < -0.4 is 0 Å². The van der Waals surface area contributed by atoms with Crippen LogP contribution >= 0.6 is 0 Å². The first kappa shape index (κ1) is 9.93. The highest BCUT2D eigenvalue weighted by Gasteiger charge is 2.09. The van der Waals surface area contributed by atoms with Crippen LogP contribution in [-0.4, -0.2) is 15.1 Å². The summed E-state index contributed by atoms with van der Waals surface area (Å²) in [7, 11) is 0. The first-order chi connectivity index (χ1) is 7.35. The zero-order valence-corrected chi connectivity index (χ0v) is 8.70. The normalized spacial score (nSPS) is 10.5. The Morgan fingerprint density at radius 3 is 2.60 bits per heavy atom. The second-order valence-electron chi connectivity index (χ2n) is 3.39. The van der Waals surface area contributed by atoms with Gasteiger partial charge in [-0.2, -0.15) is 0 Å². The Balaban J connectivity index is 2.47. The third-order valence-electron chi connectivity index (χ3n) is 2.38. The maximum atomic E-state index is 9.02. The topological polar surface area (TPSA) is 48.9 Å². The Kier molecular flexibility index (Phi) is 2.83. The van der Waals surface area contributed by atoms with Crippen LogP contribution in [0.2, 0.25) is 0 Å². The minimum atomic E-state index is -0.0418. The third kappa shape index (κ3) is 1.92. The second-order valence-corrected chi connectivity index (χ2v) is 3.39.